The molecule has 6 rings (SSSR count). The van der Waals surface area contributed by atoms with Crippen LogP contribution in [0.3, 0.4) is 0 Å². The van der Waals surface area contributed by atoms with Gasteiger partial charge in [0.2, 0.25) is 29.5 Å². The van der Waals surface area contributed by atoms with Gasteiger partial charge in [-0.15, -0.1) is 23.1 Å². The van der Waals surface area contributed by atoms with E-state index < -0.39 is 102 Å². The number of nitrogens with one attached hydrogen (secondary N) is 4. The molecular weight excluding hydrogens is 668 g/mol. The molecule has 0 radical (unpaired) electrons. The molecule has 0 aliphatic carbocycles. The van der Waals surface area contributed by atoms with Crippen LogP contribution >= 0.6 is 23.1 Å². The molecule has 6 heterocycles. The fourth-order valence-corrected chi connectivity index (χ4v) is 8.36. The predicted octanol–water partition coefficient (Wildman–Crippen LogP) is -1.44. The Morgan fingerprint density at radius 1 is 1.00 bits per heavy atom. The number of thiophene rings is 1. The van der Waals surface area contributed by atoms with Crippen molar-refractivity contribution in [1.29, 1.82) is 0 Å². The van der Waals surface area contributed by atoms with Crippen molar-refractivity contribution < 1.29 is 48.9 Å². The number of aromatic nitrogens is 1. The average molecular weight is 707 g/mol. The van der Waals surface area contributed by atoms with E-state index in [2.05, 4.69) is 21.3 Å². The number of thioether (sulfide) groups is 1. The van der Waals surface area contributed by atoms with Gasteiger partial charge in [0.15, 0.2) is 5.78 Å². The molecule has 2 aromatic rings. The third-order valence-corrected chi connectivity index (χ3v) is 11.0. The molecule has 7 N–H and O–H groups in total. The quantitative estimate of drug-likeness (QED) is 0.182. The molecule has 4 aliphatic heterocycles. The van der Waals surface area contributed by atoms with Crippen LogP contribution in [0.1, 0.15) is 39.5 Å². The lowest BCUT2D eigenvalue weighted by Crippen LogP contribution is -2.61. The normalized spacial score (nSPS) is 30.1. The summed E-state index contributed by atoms with van der Waals surface area (Å²) >= 11 is 2.64. The van der Waals surface area contributed by atoms with Crippen molar-refractivity contribution in [2.75, 3.05) is 12.3 Å². The number of carboxylic acids is 1. The van der Waals surface area contributed by atoms with Crippen molar-refractivity contribution in [3.8, 4) is 0 Å². The van der Waals surface area contributed by atoms with Crippen molar-refractivity contribution in [2.45, 2.75) is 93.5 Å². The van der Waals surface area contributed by atoms with Gasteiger partial charge in [0, 0.05) is 49.1 Å². The second-order valence-corrected chi connectivity index (χ2v) is 14.3. The van der Waals surface area contributed by atoms with Crippen LogP contribution in [0.4, 0.5) is 0 Å². The molecule has 0 saturated carbocycles. The number of rotatable bonds is 4. The molecule has 2 bridgehead atoms. The van der Waals surface area contributed by atoms with Gasteiger partial charge in [-0.1, -0.05) is 0 Å². The first-order valence-corrected chi connectivity index (χ1v) is 17.4. The molecule has 2 saturated heterocycles. The van der Waals surface area contributed by atoms with Gasteiger partial charge in [0.05, 0.1) is 28.5 Å². The van der Waals surface area contributed by atoms with E-state index in [1.807, 2.05) is 11.4 Å². The largest absolute Gasteiger partial charge is 0.481 e. The number of carbonyl (C=O) groups is 7. The average Bonchev–Trinajstić information content (AvgIpc) is 3.72. The van der Waals surface area contributed by atoms with E-state index in [9.17, 15) is 48.9 Å². The minimum Gasteiger partial charge on any atom is -0.481 e. The number of aliphatic hydroxyl groups excluding tert-OH is 2. The summed E-state index contributed by atoms with van der Waals surface area (Å²) in [7, 11) is 0. The molecule has 2 aromatic heterocycles. The van der Waals surface area contributed by atoms with E-state index >= 15 is 0 Å². The van der Waals surface area contributed by atoms with Crippen LogP contribution < -0.4 is 21.3 Å². The van der Waals surface area contributed by atoms with Crippen LogP contribution in [-0.4, -0.2) is 121 Å². The Kier molecular flexibility index (Phi) is 10.8. The topological polar surface area (TPSA) is 236 Å². The van der Waals surface area contributed by atoms with Crippen LogP contribution in [0.15, 0.2) is 22.7 Å². The first-order chi connectivity index (χ1) is 22.7. The first kappa shape index (κ1) is 35.3. The van der Waals surface area contributed by atoms with E-state index in [1.165, 1.54) is 36.9 Å². The lowest BCUT2D eigenvalue weighted by atomic mass is 9.92. The zero-order chi connectivity index (χ0) is 34.9. The van der Waals surface area contributed by atoms with Gasteiger partial charge >= 0.3 is 5.97 Å². The number of ketones is 1. The second kappa shape index (κ2) is 14.6. The molecule has 5 amide bonds. The fourth-order valence-electron chi connectivity index (χ4n) is 6.12. The smallest absolute Gasteiger partial charge is 0.303 e. The Morgan fingerprint density at radius 2 is 1.73 bits per heavy atom. The first-order valence-electron chi connectivity index (χ1n) is 15.5. The summed E-state index contributed by atoms with van der Waals surface area (Å²) in [6.45, 7) is 2.30. The lowest BCUT2D eigenvalue weighted by molar-refractivity contribution is -0.143. The monoisotopic (exact) mass is 706 g/mol. The molecule has 0 unspecified atom stereocenters. The molecule has 2 fully saturated rings. The summed E-state index contributed by atoms with van der Waals surface area (Å²) in [6.07, 6.45) is -2.04. The summed E-state index contributed by atoms with van der Waals surface area (Å²) in [5, 5.41) is 44.0. The number of carboxylic acid groups (broad SMARTS) is 1. The van der Waals surface area contributed by atoms with E-state index in [0.29, 0.717) is 5.03 Å². The minimum atomic E-state index is -1.56. The maximum absolute atomic E-state index is 14.1. The zero-order valence-electron chi connectivity index (χ0n) is 26.2. The van der Waals surface area contributed by atoms with Gasteiger partial charge in [-0.3, -0.25) is 33.6 Å². The number of hydrogen-bond acceptors (Lipinski definition) is 11. The zero-order valence-corrected chi connectivity index (χ0v) is 27.8. The van der Waals surface area contributed by atoms with Crippen molar-refractivity contribution in [3.05, 3.63) is 17.6 Å². The van der Waals surface area contributed by atoms with Crippen molar-refractivity contribution in [2.24, 2.45) is 5.92 Å². The highest BCUT2D eigenvalue weighted by Gasteiger charge is 2.44. The number of aliphatic hydroxyl groups is 2. The van der Waals surface area contributed by atoms with Crippen LogP contribution in [0.2, 0.25) is 0 Å². The number of nitrogens with zero attached hydrogens (tertiary/aromatic N) is 2. The van der Waals surface area contributed by atoms with Crippen molar-refractivity contribution >= 4 is 74.5 Å². The maximum atomic E-state index is 14.1. The predicted molar refractivity (Wildman–Crippen MR) is 172 cm³/mol. The molecule has 8 atom stereocenters. The SMILES string of the molecule is C[C@@H]1NC(=O)[C@H](CCC(=O)O)CC(=O)[C@H]2Cn3cc4ccsc4c3SC[C@H](NC(=O)[C@@H]([C@H](C)O)NC1=O)C(=O)N1C[C@H](O)C[C@H]1C(=O)N2. The Hall–Kier alpha value is -4.00. The van der Waals surface area contributed by atoms with Gasteiger partial charge in [-0.25, -0.2) is 0 Å². The molecule has 0 spiro atoms. The van der Waals surface area contributed by atoms with Crippen LogP contribution in [0.25, 0.3) is 10.1 Å². The number of carbonyl (C=O) groups excluding carboxylic acids is 6. The van der Waals surface area contributed by atoms with Gasteiger partial charge in [0.1, 0.15) is 30.2 Å². The summed E-state index contributed by atoms with van der Waals surface area (Å²) in [5.74, 6) is -6.95. The number of aliphatic carboxylic acids is 1. The molecule has 260 valence electrons. The fraction of sp³-hybridized carbons (Fsp3) is 0.567. The molecule has 0 aromatic carbocycles. The number of fused-ring (bicyclic) bond motifs is 13. The summed E-state index contributed by atoms with van der Waals surface area (Å²) < 4.78 is 2.59. The van der Waals surface area contributed by atoms with Crippen LogP contribution in [0.5, 0.6) is 0 Å². The minimum absolute atomic E-state index is 0.0364. The van der Waals surface area contributed by atoms with Gasteiger partial charge in [-0.05, 0) is 31.7 Å². The summed E-state index contributed by atoms with van der Waals surface area (Å²) in [5.41, 5.74) is 0. The van der Waals surface area contributed by atoms with Gasteiger partial charge in [-0.2, -0.15) is 0 Å². The van der Waals surface area contributed by atoms with Gasteiger partial charge < -0.3 is 46.1 Å². The van der Waals surface area contributed by atoms with Crippen molar-refractivity contribution in [3.63, 3.8) is 0 Å². The number of hydrogen-bond donors (Lipinski definition) is 7. The Balaban J connectivity index is 1.64. The number of Topliss-reactive ketones (excluding diaryl/α,β-unsaturated/α-hetero) is 1. The highest BCUT2D eigenvalue weighted by molar-refractivity contribution is 7.99. The Bertz CT molecular complexity index is 1620. The summed E-state index contributed by atoms with van der Waals surface area (Å²) in [6, 6.07) is -4.63. The molecule has 4 aliphatic rings. The molecule has 16 nitrogen and oxygen atoms in total. The van der Waals surface area contributed by atoms with Crippen molar-refractivity contribution in [1.82, 2.24) is 30.7 Å². The highest BCUT2D eigenvalue weighted by Crippen LogP contribution is 2.35. The van der Waals surface area contributed by atoms with E-state index in [4.69, 9.17) is 0 Å². The van der Waals surface area contributed by atoms with Gasteiger partial charge in [0.25, 0.3) is 0 Å². The van der Waals surface area contributed by atoms with E-state index in [0.717, 1.165) is 15.0 Å². The molecule has 18 heteroatoms. The van der Waals surface area contributed by atoms with Crippen LogP contribution in [0, 0.1) is 5.92 Å². The van der Waals surface area contributed by atoms with E-state index in [1.54, 1.807) is 10.8 Å². The second-order valence-electron chi connectivity index (χ2n) is 12.4. The molecular formula is C30H38N6O10S2. The Morgan fingerprint density at radius 3 is 2.44 bits per heavy atom. The van der Waals surface area contributed by atoms with E-state index in [-0.39, 0.29) is 31.7 Å². The third-order valence-electron chi connectivity index (χ3n) is 8.74. The van der Waals surface area contributed by atoms with Crippen LogP contribution in [-0.2, 0) is 40.1 Å². The highest BCUT2D eigenvalue weighted by atomic mass is 32.2. The third kappa shape index (κ3) is 7.66. The summed E-state index contributed by atoms with van der Waals surface area (Å²) in [4.78, 5) is 94.6. The molecule has 48 heavy (non-hydrogen) atoms. The lowest BCUT2D eigenvalue weighted by Gasteiger charge is -2.32. The number of amides is 5. The standard InChI is InChI=1S/C30H38N6O10S2/c1-13-25(42)34-23(14(2)37)28(45)33-19-12-48-30-24-16(5-6-47-24)9-35(30)11-18(21(39)7-15(26(43)31-13)3-4-22(40)41)32-27(44)20-8-17(38)10-36(20)29(19)46/h5-6,9,13-15,17-20,23,37-38H,3-4,7-8,10-12H2,1-2H3,(H,31,43)(H,32,44)(H,33,45)(H,34,42)(H,40,41)/t13-,14-,15+,17+,18+,19-,20-,23+/m0/s1. The maximum Gasteiger partial charge on any atom is 0.303 e. The Labute approximate surface area is 283 Å².